The highest BCUT2D eigenvalue weighted by atomic mass is 32.1. The van der Waals surface area contributed by atoms with E-state index in [1.807, 2.05) is 18.3 Å². The Balaban J connectivity index is 1.27. The fraction of sp³-hybridized carbons (Fsp3) is 0.538. The Kier molecular flexibility index (Phi) is 7.10. The van der Waals surface area contributed by atoms with Crippen LogP contribution in [-0.4, -0.2) is 62.9 Å². The molecule has 1 saturated carbocycles. The lowest BCUT2D eigenvalue weighted by Crippen LogP contribution is -2.33. The van der Waals surface area contributed by atoms with Crippen molar-refractivity contribution in [1.82, 2.24) is 34.9 Å². The first-order valence-electron chi connectivity index (χ1n) is 13.5. The topological polar surface area (TPSA) is 98.0 Å². The molecule has 10 nitrogen and oxygen atoms in total. The lowest BCUT2D eigenvalue weighted by Gasteiger charge is -2.28. The monoisotopic (exact) mass is 549 g/mol. The summed E-state index contributed by atoms with van der Waals surface area (Å²) in [7, 11) is -1.19. The van der Waals surface area contributed by atoms with Crippen molar-refractivity contribution in [2.24, 2.45) is 0 Å². The number of ether oxygens (including phenoxy) is 1. The van der Waals surface area contributed by atoms with Crippen LogP contribution >= 0.6 is 11.3 Å². The molecule has 0 atom stereocenters. The van der Waals surface area contributed by atoms with E-state index in [1.54, 1.807) is 17.7 Å². The molecule has 0 N–H and O–H groups in total. The fourth-order valence-electron chi connectivity index (χ4n) is 5.02. The minimum Gasteiger partial charge on any atom is -0.361 e. The van der Waals surface area contributed by atoms with Gasteiger partial charge in [0.25, 0.3) is 0 Å². The molecule has 0 amide bonds. The van der Waals surface area contributed by atoms with Crippen LogP contribution in [0.25, 0.3) is 11.0 Å². The molecule has 0 spiro atoms. The van der Waals surface area contributed by atoms with Crippen LogP contribution in [0.1, 0.15) is 42.4 Å². The highest BCUT2D eigenvalue weighted by Crippen LogP contribution is 2.38. The van der Waals surface area contributed by atoms with Gasteiger partial charge in [-0.25, -0.2) is 4.98 Å². The first kappa shape index (κ1) is 25.3. The van der Waals surface area contributed by atoms with Crippen molar-refractivity contribution in [2.75, 3.05) is 29.7 Å². The van der Waals surface area contributed by atoms with E-state index in [4.69, 9.17) is 14.7 Å². The summed E-state index contributed by atoms with van der Waals surface area (Å²) in [5.74, 6) is 2.30. The van der Waals surface area contributed by atoms with E-state index in [-0.39, 0.29) is 0 Å². The fourth-order valence-corrected chi connectivity index (χ4v) is 6.79. The third kappa shape index (κ3) is 5.57. The predicted octanol–water partition coefficient (Wildman–Crippen LogP) is 5.20. The zero-order valence-corrected chi connectivity index (χ0v) is 24.2. The van der Waals surface area contributed by atoms with Crippen molar-refractivity contribution in [1.29, 1.82) is 0 Å². The lowest BCUT2D eigenvalue weighted by molar-refractivity contribution is 0.153. The van der Waals surface area contributed by atoms with Gasteiger partial charge in [-0.05, 0) is 37.1 Å². The van der Waals surface area contributed by atoms with Gasteiger partial charge in [-0.1, -0.05) is 43.8 Å². The third-order valence-electron chi connectivity index (χ3n) is 7.37. The van der Waals surface area contributed by atoms with E-state index in [9.17, 15) is 0 Å². The van der Waals surface area contributed by atoms with Gasteiger partial charge in [0, 0.05) is 33.7 Å². The van der Waals surface area contributed by atoms with E-state index < -0.39 is 8.07 Å². The maximum Gasteiger partial charge on any atom is 0.215 e. The van der Waals surface area contributed by atoms with E-state index in [2.05, 4.69) is 60.5 Å². The molecule has 1 fully saturated rings. The molecule has 4 aromatic rings. The second-order valence-electron chi connectivity index (χ2n) is 11.4. The first-order chi connectivity index (χ1) is 18.4. The smallest absolute Gasteiger partial charge is 0.215 e. The first-order valence-corrected chi connectivity index (χ1v) is 18.0. The summed E-state index contributed by atoms with van der Waals surface area (Å²) in [6, 6.07) is 7.28. The largest absolute Gasteiger partial charge is 0.361 e. The number of nitrogens with zero attached hydrogens (tertiary/aromatic N) is 9. The number of pyridine rings is 2. The number of aromatic nitrogens is 7. The summed E-state index contributed by atoms with van der Waals surface area (Å²) in [6.07, 6.45) is 8.69. The predicted molar refractivity (Wildman–Crippen MR) is 153 cm³/mol. The van der Waals surface area contributed by atoms with Crippen LogP contribution in [0.5, 0.6) is 0 Å². The molecule has 0 aromatic carbocycles. The second-order valence-corrected chi connectivity index (χ2v) is 18.1. The molecule has 1 aliphatic heterocycles. The number of rotatable bonds is 9. The van der Waals surface area contributed by atoms with Crippen molar-refractivity contribution in [2.45, 2.75) is 70.4 Å². The summed E-state index contributed by atoms with van der Waals surface area (Å²) in [4.78, 5) is 14.1. The van der Waals surface area contributed by atoms with Crippen LogP contribution in [0.4, 0.5) is 16.6 Å². The molecule has 2 aliphatic rings. The summed E-state index contributed by atoms with van der Waals surface area (Å²) in [6.45, 7) is 10.7. The average Bonchev–Trinajstić information content (AvgIpc) is 3.69. The molecule has 0 radical (unpaired) electrons. The van der Waals surface area contributed by atoms with Crippen molar-refractivity contribution < 1.29 is 4.74 Å². The zero-order valence-electron chi connectivity index (χ0n) is 22.4. The van der Waals surface area contributed by atoms with Gasteiger partial charge < -0.3 is 14.2 Å². The molecule has 200 valence electrons. The Hall–Kier alpha value is -2.96. The number of hydrogen-bond acceptors (Lipinski definition) is 10. The van der Waals surface area contributed by atoms with Gasteiger partial charge in [0.05, 0.1) is 29.5 Å². The van der Waals surface area contributed by atoms with E-state index in [0.717, 1.165) is 64.2 Å². The Labute approximate surface area is 228 Å². The van der Waals surface area contributed by atoms with Gasteiger partial charge in [0.1, 0.15) is 23.9 Å². The van der Waals surface area contributed by atoms with Crippen LogP contribution in [0.3, 0.4) is 0 Å². The molecular weight excluding hydrogens is 515 g/mol. The molecular formula is C26H35N9OSSi. The molecule has 4 aromatic heterocycles. The van der Waals surface area contributed by atoms with Crippen LogP contribution in [-0.2, 0) is 17.8 Å². The number of hydrogen-bond donors (Lipinski definition) is 0. The Morgan fingerprint density at radius 2 is 1.95 bits per heavy atom. The minimum absolute atomic E-state index is 0.400. The molecule has 0 bridgehead atoms. The Morgan fingerprint density at radius 1 is 1.08 bits per heavy atom. The Morgan fingerprint density at radius 3 is 2.79 bits per heavy atom. The molecule has 0 unspecified atom stereocenters. The van der Waals surface area contributed by atoms with Crippen molar-refractivity contribution in [3.63, 3.8) is 0 Å². The molecule has 38 heavy (non-hydrogen) atoms. The zero-order chi connectivity index (χ0) is 26.1. The molecule has 6 rings (SSSR count). The SMILES string of the molecule is C[Si](C)(C)CCOCN(c1ccc2ncc(N3CCn4cnnc4C3)cc2n1)c1nnc(C2CCCC2)s1. The lowest BCUT2D eigenvalue weighted by atomic mass is 10.1. The number of fused-ring (bicyclic) bond motifs is 2. The highest BCUT2D eigenvalue weighted by molar-refractivity contribution is 7.15. The second kappa shape index (κ2) is 10.7. The van der Waals surface area contributed by atoms with Gasteiger partial charge in [-0.15, -0.1) is 20.4 Å². The van der Waals surface area contributed by atoms with Crippen molar-refractivity contribution in [3.05, 3.63) is 41.6 Å². The van der Waals surface area contributed by atoms with Crippen molar-refractivity contribution in [3.8, 4) is 0 Å². The van der Waals surface area contributed by atoms with E-state index in [1.165, 1.54) is 25.7 Å². The van der Waals surface area contributed by atoms with Gasteiger partial charge in [-0.3, -0.25) is 9.88 Å². The maximum atomic E-state index is 6.19. The molecule has 12 heteroatoms. The Bertz CT molecular complexity index is 1390. The summed E-state index contributed by atoms with van der Waals surface area (Å²) < 4.78 is 8.29. The molecule has 5 heterocycles. The van der Waals surface area contributed by atoms with Gasteiger partial charge in [-0.2, -0.15) is 0 Å². The normalized spacial score (nSPS) is 16.3. The van der Waals surface area contributed by atoms with Crippen LogP contribution in [0.2, 0.25) is 25.7 Å². The van der Waals surface area contributed by atoms with Crippen LogP contribution in [0, 0.1) is 0 Å². The summed E-state index contributed by atoms with van der Waals surface area (Å²) >= 11 is 1.68. The maximum absolute atomic E-state index is 6.19. The standard InChI is InChI=1S/C26H35N9OSSi/c1-38(2,3)13-12-36-18-35(26-32-31-25(37-26)19-6-4-5-7-19)23-9-8-21-22(29-23)14-20(15-27-21)33-10-11-34-17-28-30-24(34)16-33/h8-9,14-15,17,19H,4-7,10-13,16,18H2,1-3H3. The molecule has 1 aliphatic carbocycles. The summed E-state index contributed by atoms with van der Waals surface area (Å²) in [5, 5.41) is 19.4. The molecule has 0 saturated heterocycles. The van der Waals surface area contributed by atoms with Gasteiger partial charge in [0.2, 0.25) is 5.13 Å². The van der Waals surface area contributed by atoms with Gasteiger partial charge in [0.15, 0.2) is 5.82 Å². The van der Waals surface area contributed by atoms with Crippen LogP contribution < -0.4 is 9.80 Å². The average molecular weight is 550 g/mol. The van der Waals surface area contributed by atoms with E-state index >= 15 is 0 Å². The number of anilines is 3. The van der Waals surface area contributed by atoms with Crippen LogP contribution in [0.15, 0.2) is 30.7 Å². The summed E-state index contributed by atoms with van der Waals surface area (Å²) in [5.41, 5.74) is 2.75. The van der Waals surface area contributed by atoms with Crippen molar-refractivity contribution >= 4 is 47.1 Å². The quantitative estimate of drug-likeness (QED) is 0.158. The third-order valence-corrected chi connectivity index (χ3v) is 10.2. The minimum atomic E-state index is -1.19. The highest BCUT2D eigenvalue weighted by Gasteiger charge is 2.25. The van der Waals surface area contributed by atoms with E-state index in [0.29, 0.717) is 19.2 Å². The van der Waals surface area contributed by atoms with Gasteiger partial charge >= 0.3 is 0 Å².